The van der Waals surface area contributed by atoms with E-state index in [2.05, 4.69) is 24.4 Å². The molecule has 1 fully saturated rings. The lowest BCUT2D eigenvalue weighted by molar-refractivity contribution is 0.507. The molecule has 4 atom stereocenters. The minimum absolute atomic E-state index is 0.176. The van der Waals surface area contributed by atoms with Gasteiger partial charge in [-0.3, -0.25) is 16.0 Å². The van der Waals surface area contributed by atoms with Crippen LogP contribution in [0.15, 0.2) is 12.3 Å². The second-order valence-corrected chi connectivity index (χ2v) is 7.47. The Bertz CT molecular complexity index is 368. The highest BCUT2D eigenvalue weighted by Gasteiger charge is 2.32. The van der Waals surface area contributed by atoms with E-state index in [1.54, 1.807) is 0 Å². The summed E-state index contributed by atoms with van der Waals surface area (Å²) in [5, 5.41) is 6.12. The van der Waals surface area contributed by atoms with Gasteiger partial charge in [-0.15, -0.1) is 0 Å². The zero-order valence-electron chi connectivity index (χ0n) is 10.5. The van der Waals surface area contributed by atoms with E-state index in [4.69, 9.17) is 5.84 Å². The van der Waals surface area contributed by atoms with E-state index in [1.807, 2.05) is 47.5 Å². The van der Waals surface area contributed by atoms with Crippen molar-refractivity contribution < 1.29 is 0 Å². The van der Waals surface area contributed by atoms with E-state index in [9.17, 15) is 0 Å². The van der Waals surface area contributed by atoms with Crippen molar-refractivity contribution in [1.29, 1.82) is 0 Å². The number of nitrogens with one attached hydrogen (secondary N) is 1. The smallest absolute Gasteiger partial charge is 0.0755 e. The molecule has 2 rings (SSSR count). The second kappa shape index (κ2) is 5.65. The first-order valence-corrected chi connectivity index (χ1v) is 7.83. The summed E-state index contributed by atoms with van der Waals surface area (Å²) in [7, 11) is 1.96. The van der Waals surface area contributed by atoms with Crippen LogP contribution < -0.4 is 11.3 Å². The Hall–Kier alpha value is -0.170. The van der Waals surface area contributed by atoms with Crippen LogP contribution >= 0.6 is 23.5 Å². The fraction of sp³-hybridized carbons (Fsp3) is 0.727. The normalized spacial score (nSPS) is 31.4. The highest BCUT2D eigenvalue weighted by atomic mass is 32.2. The highest BCUT2D eigenvalue weighted by Crippen LogP contribution is 2.40. The molecular formula is C11H20N4S2. The van der Waals surface area contributed by atoms with Crippen LogP contribution in [0.1, 0.15) is 25.6 Å². The lowest BCUT2D eigenvalue weighted by atomic mass is 10.1. The van der Waals surface area contributed by atoms with Crippen molar-refractivity contribution in [3.63, 3.8) is 0 Å². The number of nitrogens with two attached hydrogens (primary N) is 1. The average Bonchev–Trinajstić information content (AvgIpc) is 2.71. The first-order valence-electron chi connectivity index (χ1n) is 5.84. The maximum Gasteiger partial charge on any atom is 0.0755 e. The van der Waals surface area contributed by atoms with Gasteiger partial charge in [-0.1, -0.05) is 13.8 Å². The maximum atomic E-state index is 5.73. The Kier molecular flexibility index (Phi) is 4.41. The molecule has 4 unspecified atom stereocenters. The molecule has 0 radical (unpaired) electrons. The van der Waals surface area contributed by atoms with E-state index in [1.165, 1.54) is 0 Å². The number of nitrogens with zero attached hydrogens (tertiary/aromatic N) is 2. The molecule has 2 heterocycles. The molecule has 1 aromatic rings. The molecular weight excluding hydrogens is 252 g/mol. The molecule has 1 aliphatic rings. The highest BCUT2D eigenvalue weighted by molar-refractivity contribution is 8.07. The van der Waals surface area contributed by atoms with Gasteiger partial charge in [-0.05, 0) is 6.07 Å². The molecule has 96 valence electrons. The largest absolute Gasteiger partial charge is 0.271 e. The van der Waals surface area contributed by atoms with Gasteiger partial charge in [-0.2, -0.15) is 28.6 Å². The third kappa shape index (κ3) is 2.81. The van der Waals surface area contributed by atoms with Crippen molar-refractivity contribution in [2.45, 2.75) is 35.6 Å². The zero-order valence-corrected chi connectivity index (χ0v) is 12.1. The van der Waals surface area contributed by atoms with Crippen LogP contribution in [0.5, 0.6) is 0 Å². The van der Waals surface area contributed by atoms with Crippen LogP contribution in [-0.4, -0.2) is 31.3 Å². The fourth-order valence-corrected chi connectivity index (χ4v) is 5.14. The van der Waals surface area contributed by atoms with Gasteiger partial charge in [0.25, 0.3) is 0 Å². The van der Waals surface area contributed by atoms with Crippen LogP contribution in [0.2, 0.25) is 0 Å². The average molecular weight is 272 g/mol. The summed E-state index contributed by atoms with van der Waals surface area (Å²) in [5.74, 6) is 6.87. The number of hydrogen-bond donors (Lipinski definition) is 2. The van der Waals surface area contributed by atoms with Crippen LogP contribution in [0.4, 0.5) is 0 Å². The standard InChI is InChI=1S/C11H20N4S2/c1-7-8(2)17-10(6-16-7)11(14-12)9-4-5-13-15(9)3/h4-5,7-8,10-11,14H,6,12H2,1-3H3. The Morgan fingerprint density at radius 3 is 2.82 bits per heavy atom. The zero-order chi connectivity index (χ0) is 12.4. The molecule has 6 heteroatoms. The topological polar surface area (TPSA) is 55.9 Å². The molecule has 1 saturated heterocycles. The summed E-state index contributed by atoms with van der Waals surface area (Å²) < 4.78 is 1.90. The van der Waals surface area contributed by atoms with Gasteiger partial charge in [0, 0.05) is 34.7 Å². The van der Waals surface area contributed by atoms with Crippen molar-refractivity contribution in [2.75, 3.05) is 5.75 Å². The first-order chi connectivity index (χ1) is 8.13. The van der Waals surface area contributed by atoms with Crippen LogP contribution in [0, 0.1) is 0 Å². The molecule has 0 saturated carbocycles. The minimum atomic E-state index is 0.176. The summed E-state index contributed by atoms with van der Waals surface area (Å²) in [6.45, 7) is 4.60. The van der Waals surface area contributed by atoms with Gasteiger partial charge in [-0.25, -0.2) is 0 Å². The first kappa shape index (κ1) is 13.3. The van der Waals surface area contributed by atoms with Crippen LogP contribution in [0.3, 0.4) is 0 Å². The van der Waals surface area contributed by atoms with Crippen molar-refractivity contribution >= 4 is 23.5 Å². The van der Waals surface area contributed by atoms with Gasteiger partial charge < -0.3 is 0 Å². The van der Waals surface area contributed by atoms with Crippen molar-refractivity contribution in [1.82, 2.24) is 15.2 Å². The number of thioether (sulfide) groups is 2. The minimum Gasteiger partial charge on any atom is -0.271 e. The van der Waals surface area contributed by atoms with Gasteiger partial charge in [0.1, 0.15) is 0 Å². The Balaban J connectivity index is 2.12. The Morgan fingerprint density at radius 2 is 2.29 bits per heavy atom. The summed E-state index contributed by atoms with van der Waals surface area (Å²) in [5.41, 5.74) is 4.11. The van der Waals surface area contributed by atoms with Crippen molar-refractivity contribution in [3.05, 3.63) is 18.0 Å². The third-order valence-corrected chi connectivity index (χ3v) is 6.80. The van der Waals surface area contributed by atoms with E-state index in [0.717, 1.165) is 16.7 Å². The maximum absolute atomic E-state index is 5.73. The van der Waals surface area contributed by atoms with Gasteiger partial charge >= 0.3 is 0 Å². The second-order valence-electron chi connectivity index (χ2n) is 4.44. The van der Waals surface area contributed by atoms with Crippen LogP contribution in [0.25, 0.3) is 0 Å². The van der Waals surface area contributed by atoms with E-state index in [0.29, 0.717) is 10.5 Å². The Morgan fingerprint density at radius 1 is 1.53 bits per heavy atom. The lowest BCUT2D eigenvalue weighted by Gasteiger charge is -2.35. The predicted molar refractivity (Wildman–Crippen MR) is 76.0 cm³/mol. The summed E-state index contributed by atoms with van der Waals surface area (Å²) in [4.78, 5) is 0. The van der Waals surface area contributed by atoms with E-state index in [-0.39, 0.29) is 6.04 Å². The van der Waals surface area contributed by atoms with E-state index < -0.39 is 0 Å². The quantitative estimate of drug-likeness (QED) is 0.646. The predicted octanol–water partition coefficient (Wildman–Crippen LogP) is 1.55. The summed E-state index contributed by atoms with van der Waals surface area (Å²) >= 11 is 4.06. The van der Waals surface area contributed by atoms with Gasteiger partial charge in [0.05, 0.1) is 11.7 Å². The van der Waals surface area contributed by atoms with Gasteiger partial charge in [0.2, 0.25) is 0 Å². The molecule has 0 amide bonds. The number of aromatic nitrogens is 2. The monoisotopic (exact) mass is 272 g/mol. The van der Waals surface area contributed by atoms with Crippen molar-refractivity contribution in [3.8, 4) is 0 Å². The number of hydrogen-bond acceptors (Lipinski definition) is 5. The molecule has 0 bridgehead atoms. The number of rotatable bonds is 3. The SMILES string of the molecule is CC1SCC(C(NN)c2ccnn2C)SC1C. The molecule has 0 spiro atoms. The molecule has 17 heavy (non-hydrogen) atoms. The van der Waals surface area contributed by atoms with Crippen molar-refractivity contribution in [2.24, 2.45) is 12.9 Å². The molecule has 0 aliphatic carbocycles. The number of hydrazine groups is 1. The summed E-state index contributed by atoms with van der Waals surface area (Å²) in [6.07, 6.45) is 1.83. The molecule has 3 N–H and O–H groups in total. The fourth-order valence-electron chi connectivity index (χ4n) is 2.05. The third-order valence-electron chi connectivity index (χ3n) is 3.30. The lowest BCUT2D eigenvalue weighted by Crippen LogP contribution is -2.41. The molecule has 1 aliphatic heterocycles. The Labute approximate surface area is 111 Å². The molecule has 4 nitrogen and oxygen atoms in total. The number of aryl methyl sites for hydroxylation is 1. The summed E-state index contributed by atoms with van der Waals surface area (Å²) in [6, 6.07) is 2.22. The van der Waals surface area contributed by atoms with E-state index >= 15 is 0 Å². The molecule has 0 aromatic carbocycles. The van der Waals surface area contributed by atoms with Crippen LogP contribution in [-0.2, 0) is 7.05 Å². The van der Waals surface area contributed by atoms with Gasteiger partial charge in [0.15, 0.2) is 0 Å². The molecule has 1 aromatic heterocycles.